The van der Waals surface area contributed by atoms with Crippen molar-refractivity contribution in [1.29, 1.82) is 0 Å². The molecule has 0 aliphatic carbocycles. The molecule has 2 rings (SSSR count). The fourth-order valence-electron chi connectivity index (χ4n) is 10.5. The maximum absolute atomic E-state index is 13.3. The molecule has 2 aliphatic rings. The molecule has 2 saturated heterocycles. The number of ether oxygens (including phenoxy) is 4. The van der Waals surface area contributed by atoms with E-state index in [1.165, 1.54) is 116 Å². The standard InChI is InChI=1S/C72H123NO13/c1-3-5-7-9-11-13-15-17-19-21-23-24-25-26-27-28-29-30-31-32-33-34-35-36-38-40-42-44-46-48-50-52-54-56-64(77)73-60(61(76)55-53-51-49-47-45-43-41-39-37-22-20-18-16-14-12-10-8-6-4-2)59-83-71-69(82)67(80)70(63(58-75)85-71)86-72-68(81)66(79)65(78)62(57-74)84-72/h5,7,11,13,17,19,23-24,26-27,29-30,32-33,35-36,53,55,60-63,65-72,74-76,78-82H,3-4,6,8-10,12,14-16,18,20-22,25,28,31,34,37-52,54,56-59H2,1-2H3,(H,73,77)/b7-5-,13-11-,19-17-,24-23-,27-26-,30-29-,33-32-,36-35-,55-53+. The lowest BCUT2D eigenvalue weighted by Gasteiger charge is -2.46. The molecule has 0 bridgehead atoms. The van der Waals surface area contributed by atoms with Crippen molar-refractivity contribution in [1.82, 2.24) is 5.32 Å². The summed E-state index contributed by atoms with van der Waals surface area (Å²) >= 11 is 0. The van der Waals surface area contributed by atoms with E-state index in [2.05, 4.69) is 116 Å². The Morgan fingerprint density at radius 3 is 1.23 bits per heavy atom. The number of carbonyl (C=O) groups excluding carboxylic acids is 1. The molecule has 0 aromatic carbocycles. The molecule has 14 heteroatoms. The van der Waals surface area contributed by atoms with Gasteiger partial charge in [-0.05, 0) is 83.5 Å². The van der Waals surface area contributed by atoms with Crippen LogP contribution in [0.1, 0.15) is 245 Å². The highest BCUT2D eigenvalue weighted by atomic mass is 16.7. The number of allylic oxidation sites excluding steroid dienone is 17. The number of hydrogen-bond acceptors (Lipinski definition) is 13. The second kappa shape index (κ2) is 55.7. The monoisotopic (exact) mass is 1210 g/mol. The van der Waals surface area contributed by atoms with E-state index in [0.717, 1.165) is 103 Å². The first-order valence-electron chi connectivity index (χ1n) is 34.1. The van der Waals surface area contributed by atoms with E-state index in [0.29, 0.717) is 6.42 Å². The van der Waals surface area contributed by atoms with Gasteiger partial charge >= 0.3 is 0 Å². The molecular weight excluding hydrogens is 1090 g/mol. The van der Waals surface area contributed by atoms with Crippen molar-refractivity contribution in [2.24, 2.45) is 0 Å². The molecule has 12 atom stereocenters. The maximum atomic E-state index is 13.3. The van der Waals surface area contributed by atoms with Crippen molar-refractivity contribution >= 4 is 5.91 Å². The minimum atomic E-state index is -1.79. The van der Waals surface area contributed by atoms with Gasteiger partial charge in [-0.25, -0.2) is 0 Å². The zero-order valence-electron chi connectivity index (χ0n) is 53.5. The Hall–Kier alpha value is -3.35. The van der Waals surface area contributed by atoms with Crippen LogP contribution in [0.3, 0.4) is 0 Å². The molecule has 2 aliphatic heterocycles. The van der Waals surface area contributed by atoms with E-state index >= 15 is 0 Å². The van der Waals surface area contributed by atoms with Crippen LogP contribution < -0.4 is 5.32 Å². The fraction of sp³-hybridized carbons (Fsp3) is 0.736. The number of unbranched alkanes of at least 4 members (excludes halogenated alkanes) is 25. The van der Waals surface area contributed by atoms with Crippen molar-refractivity contribution in [3.63, 3.8) is 0 Å². The Morgan fingerprint density at radius 2 is 0.802 bits per heavy atom. The highest BCUT2D eigenvalue weighted by Crippen LogP contribution is 2.30. The van der Waals surface area contributed by atoms with Gasteiger partial charge in [-0.2, -0.15) is 0 Å². The highest BCUT2D eigenvalue weighted by Gasteiger charge is 2.51. The lowest BCUT2D eigenvalue weighted by molar-refractivity contribution is -0.359. The third-order valence-electron chi connectivity index (χ3n) is 16.0. The predicted molar refractivity (Wildman–Crippen MR) is 350 cm³/mol. The van der Waals surface area contributed by atoms with E-state index < -0.39 is 86.8 Å². The van der Waals surface area contributed by atoms with Crippen LogP contribution >= 0.6 is 0 Å². The number of amides is 1. The molecule has 0 saturated carbocycles. The van der Waals surface area contributed by atoms with Gasteiger partial charge in [0.15, 0.2) is 12.6 Å². The molecule has 0 spiro atoms. The lowest BCUT2D eigenvalue weighted by atomic mass is 9.97. The summed E-state index contributed by atoms with van der Waals surface area (Å²) in [5.74, 6) is -0.251. The fourth-order valence-corrected chi connectivity index (χ4v) is 10.5. The number of rotatable bonds is 54. The summed E-state index contributed by atoms with van der Waals surface area (Å²) in [5, 5.41) is 87.4. The Kier molecular flexibility index (Phi) is 51.0. The van der Waals surface area contributed by atoms with Gasteiger partial charge in [-0.3, -0.25) is 4.79 Å². The molecule has 2 fully saturated rings. The molecular formula is C72H123NO13. The molecule has 1 amide bonds. The molecule has 86 heavy (non-hydrogen) atoms. The van der Waals surface area contributed by atoms with Gasteiger partial charge in [0.2, 0.25) is 5.91 Å². The van der Waals surface area contributed by atoms with E-state index in [4.69, 9.17) is 18.9 Å². The van der Waals surface area contributed by atoms with Crippen LogP contribution in [-0.2, 0) is 23.7 Å². The van der Waals surface area contributed by atoms with Crippen LogP contribution in [0.15, 0.2) is 109 Å². The van der Waals surface area contributed by atoms with E-state index in [-0.39, 0.29) is 18.9 Å². The first-order valence-corrected chi connectivity index (χ1v) is 34.1. The summed E-state index contributed by atoms with van der Waals surface area (Å²) in [6.07, 6.45) is 62.7. The molecule has 494 valence electrons. The van der Waals surface area contributed by atoms with Crippen LogP contribution in [0.5, 0.6) is 0 Å². The Balaban J connectivity index is 1.69. The third kappa shape index (κ3) is 39.6. The smallest absolute Gasteiger partial charge is 0.220 e. The van der Waals surface area contributed by atoms with Crippen molar-refractivity contribution < 1.29 is 64.6 Å². The quantitative estimate of drug-likeness (QED) is 0.0204. The van der Waals surface area contributed by atoms with Crippen LogP contribution in [0.4, 0.5) is 0 Å². The van der Waals surface area contributed by atoms with Crippen LogP contribution in [0, 0.1) is 0 Å². The van der Waals surface area contributed by atoms with Gasteiger partial charge in [0.25, 0.3) is 0 Å². The predicted octanol–water partition coefficient (Wildman–Crippen LogP) is 13.6. The topological polar surface area (TPSA) is 228 Å². The van der Waals surface area contributed by atoms with Gasteiger partial charge in [0.05, 0.1) is 32.0 Å². The Labute approximate surface area is 521 Å². The maximum Gasteiger partial charge on any atom is 0.220 e. The number of carbonyl (C=O) groups is 1. The summed E-state index contributed by atoms with van der Waals surface area (Å²) in [6.45, 7) is 2.69. The van der Waals surface area contributed by atoms with Crippen molar-refractivity contribution in [2.45, 2.75) is 319 Å². The summed E-state index contributed by atoms with van der Waals surface area (Å²) in [4.78, 5) is 13.3. The SMILES string of the molecule is CC/C=C\C/C=C\C/C=C\C/C=C\C/C=C\C/C=C\C/C=C\C/C=C\CCCCCCCCCCC(=O)NC(COC1OC(CO)C(OC2OC(CO)C(O)C(O)C2O)C(O)C1O)C(O)/C=C/CCCCCCCCCCCCCCCCCCC. The second-order valence-corrected chi connectivity index (χ2v) is 23.6. The molecule has 9 N–H and O–H groups in total. The summed E-state index contributed by atoms with van der Waals surface area (Å²) in [5.41, 5.74) is 0. The molecule has 0 radical (unpaired) electrons. The minimum Gasteiger partial charge on any atom is -0.394 e. The van der Waals surface area contributed by atoms with E-state index in [1.807, 2.05) is 6.08 Å². The zero-order valence-corrected chi connectivity index (χ0v) is 53.5. The van der Waals surface area contributed by atoms with Crippen LogP contribution in [-0.4, -0.2) is 140 Å². The van der Waals surface area contributed by atoms with Gasteiger partial charge in [0.1, 0.15) is 48.8 Å². The average molecular weight is 1210 g/mol. The second-order valence-electron chi connectivity index (χ2n) is 23.6. The van der Waals surface area contributed by atoms with E-state index in [1.54, 1.807) is 6.08 Å². The number of nitrogens with one attached hydrogen (secondary N) is 1. The van der Waals surface area contributed by atoms with Crippen molar-refractivity contribution in [3.8, 4) is 0 Å². The third-order valence-corrected chi connectivity index (χ3v) is 16.0. The van der Waals surface area contributed by atoms with Crippen LogP contribution in [0.25, 0.3) is 0 Å². The number of aliphatic hydroxyl groups is 8. The first-order chi connectivity index (χ1) is 42.1. The Bertz CT molecular complexity index is 1860. The van der Waals surface area contributed by atoms with Crippen molar-refractivity contribution in [2.75, 3.05) is 19.8 Å². The van der Waals surface area contributed by atoms with Crippen LogP contribution in [0.2, 0.25) is 0 Å². The number of hydrogen-bond donors (Lipinski definition) is 9. The number of aliphatic hydroxyl groups excluding tert-OH is 8. The summed E-state index contributed by atoms with van der Waals surface area (Å²) in [7, 11) is 0. The minimum absolute atomic E-state index is 0.251. The molecule has 12 unspecified atom stereocenters. The molecule has 0 aromatic rings. The van der Waals surface area contributed by atoms with Gasteiger partial charge < -0.3 is 65.1 Å². The average Bonchev–Trinajstić information content (AvgIpc) is 2.63. The normalized spacial score (nSPS) is 24.1. The largest absolute Gasteiger partial charge is 0.394 e. The lowest BCUT2D eigenvalue weighted by Crippen LogP contribution is -2.65. The summed E-state index contributed by atoms with van der Waals surface area (Å²) < 4.78 is 22.8. The summed E-state index contributed by atoms with van der Waals surface area (Å²) in [6, 6.07) is -0.928. The molecule has 14 nitrogen and oxygen atoms in total. The molecule has 2 heterocycles. The van der Waals surface area contributed by atoms with E-state index in [9.17, 15) is 45.6 Å². The van der Waals surface area contributed by atoms with Crippen molar-refractivity contribution in [3.05, 3.63) is 109 Å². The first kappa shape index (κ1) is 78.7. The zero-order chi connectivity index (χ0) is 62.3. The van der Waals surface area contributed by atoms with Gasteiger partial charge in [0, 0.05) is 6.42 Å². The van der Waals surface area contributed by atoms with Gasteiger partial charge in [-0.15, -0.1) is 0 Å². The Morgan fingerprint density at radius 1 is 0.430 bits per heavy atom. The van der Waals surface area contributed by atoms with Gasteiger partial charge in [-0.1, -0.05) is 264 Å². The molecule has 0 aromatic heterocycles. The highest BCUT2D eigenvalue weighted by molar-refractivity contribution is 5.76.